The van der Waals surface area contributed by atoms with Gasteiger partial charge < -0.3 is 15.4 Å². The minimum Gasteiger partial charge on any atom is -0.497 e. The van der Waals surface area contributed by atoms with Gasteiger partial charge in [-0.3, -0.25) is 19.4 Å². The highest BCUT2D eigenvalue weighted by Gasteiger charge is 2.49. The summed E-state index contributed by atoms with van der Waals surface area (Å²) in [6, 6.07) is 14.0. The van der Waals surface area contributed by atoms with Crippen molar-refractivity contribution in [2.24, 2.45) is 0 Å². The number of nitrogens with one attached hydrogen (secondary N) is 2. The van der Waals surface area contributed by atoms with Gasteiger partial charge in [-0.15, -0.1) is 0 Å². The Labute approximate surface area is 187 Å². The van der Waals surface area contributed by atoms with Crippen LogP contribution in [0, 0.1) is 0 Å². The van der Waals surface area contributed by atoms with Crippen molar-refractivity contribution in [3.05, 3.63) is 59.7 Å². The predicted octanol–water partition coefficient (Wildman–Crippen LogP) is 2.70. The summed E-state index contributed by atoms with van der Waals surface area (Å²) in [5.41, 5.74) is 1.15. The lowest BCUT2D eigenvalue weighted by Gasteiger charge is -2.22. The van der Waals surface area contributed by atoms with Gasteiger partial charge in [-0.1, -0.05) is 24.3 Å². The molecule has 0 saturated carbocycles. The van der Waals surface area contributed by atoms with E-state index in [-0.39, 0.29) is 6.54 Å². The van der Waals surface area contributed by atoms with Gasteiger partial charge in [0.25, 0.3) is 5.91 Å². The van der Waals surface area contributed by atoms with Gasteiger partial charge in [0.15, 0.2) is 0 Å². The van der Waals surface area contributed by atoms with Crippen LogP contribution >= 0.6 is 0 Å². The molecule has 0 spiro atoms. The van der Waals surface area contributed by atoms with Gasteiger partial charge in [0, 0.05) is 12.2 Å². The second kappa shape index (κ2) is 9.00. The average Bonchev–Trinajstić information content (AvgIpc) is 3.37. The third-order valence-electron chi connectivity index (χ3n) is 6.06. The first kappa shape index (κ1) is 21.8. The molecule has 4 amide bonds. The van der Waals surface area contributed by atoms with Gasteiger partial charge in [-0.05, 0) is 68.2 Å². The topological polar surface area (TPSA) is 91.0 Å². The first-order chi connectivity index (χ1) is 15.4. The maximum absolute atomic E-state index is 13.1. The average molecular weight is 437 g/mol. The fraction of sp³-hybridized carbons (Fsp3) is 0.375. The molecule has 0 aromatic heterocycles. The lowest BCUT2D eigenvalue weighted by atomic mass is 9.92. The van der Waals surface area contributed by atoms with Gasteiger partial charge >= 0.3 is 6.03 Å². The Bertz CT molecular complexity index is 1020. The summed E-state index contributed by atoms with van der Waals surface area (Å²) < 4.78 is 5.15. The predicted molar refractivity (Wildman–Crippen MR) is 120 cm³/mol. The Morgan fingerprint density at radius 1 is 1.12 bits per heavy atom. The van der Waals surface area contributed by atoms with Crippen molar-refractivity contribution >= 4 is 23.5 Å². The number of amides is 4. The first-order valence-electron chi connectivity index (χ1n) is 10.8. The number of hydrogen-bond donors (Lipinski definition) is 2. The quantitative estimate of drug-likeness (QED) is 0.652. The van der Waals surface area contributed by atoms with Crippen molar-refractivity contribution < 1.29 is 19.1 Å². The maximum Gasteiger partial charge on any atom is 0.325 e. The lowest BCUT2D eigenvalue weighted by Crippen LogP contribution is -2.42. The van der Waals surface area contributed by atoms with E-state index in [1.807, 2.05) is 18.2 Å². The summed E-state index contributed by atoms with van der Waals surface area (Å²) in [5.74, 6) is -0.242. The van der Waals surface area contributed by atoms with Gasteiger partial charge in [0.05, 0.1) is 7.11 Å². The molecule has 2 aromatic carbocycles. The Morgan fingerprint density at radius 2 is 1.84 bits per heavy atom. The van der Waals surface area contributed by atoms with Crippen LogP contribution in [0.2, 0.25) is 0 Å². The van der Waals surface area contributed by atoms with E-state index in [1.54, 1.807) is 44.4 Å². The molecule has 8 heteroatoms. The van der Waals surface area contributed by atoms with Crippen LogP contribution in [-0.4, -0.2) is 54.4 Å². The van der Waals surface area contributed by atoms with Crippen molar-refractivity contribution in [3.63, 3.8) is 0 Å². The number of likely N-dealkylation sites (tertiary alicyclic amines) is 1. The fourth-order valence-corrected chi connectivity index (χ4v) is 4.25. The maximum atomic E-state index is 13.1. The normalized spacial score (nSPS) is 21.0. The van der Waals surface area contributed by atoms with E-state index in [2.05, 4.69) is 15.5 Å². The number of hydrogen-bond acceptors (Lipinski definition) is 5. The molecule has 2 heterocycles. The number of carbonyl (C=O) groups excluding carboxylic acids is 3. The SMILES string of the molecule is COc1ccc(C2(C)NC(=O)N(CC(=O)Nc3cccc(CN4CCCC4)c3)C2=O)cc1. The van der Waals surface area contributed by atoms with Crippen LogP contribution in [0.15, 0.2) is 48.5 Å². The van der Waals surface area contributed by atoms with Crippen LogP contribution in [0.4, 0.5) is 10.5 Å². The monoisotopic (exact) mass is 436 g/mol. The molecular weight excluding hydrogens is 408 g/mol. The van der Waals surface area contributed by atoms with Crippen LogP contribution in [0.5, 0.6) is 5.75 Å². The van der Waals surface area contributed by atoms with Crippen LogP contribution in [-0.2, 0) is 21.7 Å². The number of imide groups is 1. The number of carbonyl (C=O) groups is 3. The molecule has 2 saturated heterocycles. The fourth-order valence-electron chi connectivity index (χ4n) is 4.25. The Morgan fingerprint density at radius 3 is 2.53 bits per heavy atom. The zero-order chi connectivity index (χ0) is 22.7. The van der Waals surface area contributed by atoms with E-state index in [0.29, 0.717) is 17.0 Å². The number of benzene rings is 2. The highest BCUT2D eigenvalue weighted by atomic mass is 16.5. The minimum absolute atomic E-state index is 0.354. The molecular formula is C24H28N4O4. The third-order valence-corrected chi connectivity index (χ3v) is 6.06. The van der Waals surface area contributed by atoms with Crippen LogP contribution in [0.1, 0.15) is 30.9 Å². The molecule has 2 aromatic rings. The number of urea groups is 1. The number of methoxy groups -OCH3 is 1. The third kappa shape index (κ3) is 4.45. The minimum atomic E-state index is -1.24. The smallest absolute Gasteiger partial charge is 0.325 e. The van der Waals surface area contributed by atoms with Crippen molar-refractivity contribution in [2.45, 2.75) is 31.8 Å². The van der Waals surface area contributed by atoms with Gasteiger partial charge in [0.2, 0.25) is 5.91 Å². The molecule has 2 fully saturated rings. The molecule has 8 nitrogen and oxygen atoms in total. The molecule has 4 rings (SSSR count). The highest BCUT2D eigenvalue weighted by Crippen LogP contribution is 2.30. The van der Waals surface area contributed by atoms with E-state index < -0.39 is 23.4 Å². The van der Waals surface area contributed by atoms with Crippen molar-refractivity contribution in [3.8, 4) is 5.75 Å². The summed E-state index contributed by atoms with van der Waals surface area (Å²) in [5, 5.41) is 5.52. The molecule has 2 N–H and O–H groups in total. The van der Waals surface area contributed by atoms with E-state index in [1.165, 1.54) is 12.8 Å². The number of ether oxygens (including phenoxy) is 1. The van der Waals surface area contributed by atoms with Crippen LogP contribution < -0.4 is 15.4 Å². The number of rotatable bonds is 7. The largest absolute Gasteiger partial charge is 0.497 e. The highest BCUT2D eigenvalue weighted by molar-refractivity contribution is 6.10. The summed E-state index contributed by atoms with van der Waals surface area (Å²) in [6.45, 7) is 4.31. The molecule has 0 aliphatic carbocycles. The standard InChI is InChI=1S/C24H28N4O4/c1-24(18-8-10-20(32-2)11-9-18)22(30)28(23(31)26-24)16-21(29)25-19-7-5-6-17(14-19)15-27-12-3-4-13-27/h5-11,14H,3-4,12-13,15-16H2,1-2H3,(H,25,29)(H,26,31). The molecule has 32 heavy (non-hydrogen) atoms. The second-order valence-electron chi connectivity index (χ2n) is 8.41. The summed E-state index contributed by atoms with van der Waals surface area (Å²) in [4.78, 5) is 41.5. The van der Waals surface area contributed by atoms with E-state index in [9.17, 15) is 14.4 Å². The van der Waals surface area contributed by atoms with Crippen molar-refractivity contribution in [2.75, 3.05) is 32.1 Å². The Kier molecular flexibility index (Phi) is 6.14. The summed E-state index contributed by atoms with van der Waals surface area (Å²) >= 11 is 0. The van der Waals surface area contributed by atoms with Gasteiger partial charge in [0.1, 0.15) is 17.8 Å². The molecule has 1 atom stereocenters. The van der Waals surface area contributed by atoms with Crippen molar-refractivity contribution in [1.82, 2.24) is 15.1 Å². The Hall–Kier alpha value is -3.39. The lowest BCUT2D eigenvalue weighted by molar-refractivity contribution is -0.133. The van der Waals surface area contributed by atoms with E-state index in [0.717, 1.165) is 30.1 Å². The summed E-state index contributed by atoms with van der Waals surface area (Å²) in [7, 11) is 1.56. The van der Waals surface area contributed by atoms with E-state index in [4.69, 9.17) is 4.74 Å². The van der Waals surface area contributed by atoms with Crippen LogP contribution in [0.3, 0.4) is 0 Å². The first-order valence-corrected chi connectivity index (χ1v) is 10.8. The molecule has 2 aliphatic rings. The van der Waals surface area contributed by atoms with Crippen LogP contribution in [0.25, 0.3) is 0 Å². The van der Waals surface area contributed by atoms with Gasteiger partial charge in [-0.2, -0.15) is 0 Å². The van der Waals surface area contributed by atoms with E-state index >= 15 is 0 Å². The Balaban J connectivity index is 1.40. The zero-order valence-corrected chi connectivity index (χ0v) is 18.4. The number of nitrogens with zero attached hydrogens (tertiary/aromatic N) is 2. The van der Waals surface area contributed by atoms with Crippen molar-refractivity contribution in [1.29, 1.82) is 0 Å². The molecule has 0 radical (unpaired) electrons. The number of anilines is 1. The molecule has 168 valence electrons. The summed E-state index contributed by atoms with van der Waals surface area (Å²) in [6.07, 6.45) is 2.44. The second-order valence-corrected chi connectivity index (χ2v) is 8.41. The van der Waals surface area contributed by atoms with Gasteiger partial charge in [-0.25, -0.2) is 4.79 Å². The zero-order valence-electron chi connectivity index (χ0n) is 18.4. The molecule has 1 unspecified atom stereocenters. The molecule has 0 bridgehead atoms. The molecule has 2 aliphatic heterocycles.